The zero-order valence-corrected chi connectivity index (χ0v) is 21.1. The molecule has 32 heavy (non-hydrogen) atoms. The van der Waals surface area contributed by atoms with Gasteiger partial charge in [-0.3, -0.25) is 14.4 Å². The average Bonchev–Trinajstić information content (AvgIpc) is 2.89. The molecule has 0 aromatic carbocycles. The lowest BCUT2D eigenvalue weighted by Crippen LogP contribution is -2.70. The molecule has 0 aromatic rings. The van der Waals surface area contributed by atoms with E-state index in [1.807, 2.05) is 26.8 Å². The number of rotatable bonds is 3. The highest BCUT2D eigenvalue weighted by molar-refractivity contribution is 9.10. The number of aliphatic hydroxyl groups excluding tert-OH is 1. The number of alkyl halides is 2. The van der Waals surface area contributed by atoms with Gasteiger partial charge in [-0.25, -0.2) is 0 Å². The number of ketones is 2. The van der Waals surface area contributed by atoms with Gasteiger partial charge in [0.1, 0.15) is 5.60 Å². The molecular weight excluding hydrogens is 500 g/mol. The first-order valence-electron chi connectivity index (χ1n) is 11.1. The maximum Gasteiger partial charge on any atom is 0.303 e. The number of carbonyl (C=O) groups is 3. The number of aliphatic hydroxyl groups is 2. The molecule has 0 saturated heterocycles. The fourth-order valence-corrected chi connectivity index (χ4v) is 9.24. The van der Waals surface area contributed by atoms with E-state index in [4.69, 9.17) is 16.3 Å². The SMILES string of the molecule is CC(=O)OCC(=O)[C@@]1(O)[C@H](C)C[C@H]2[C@@H]3[C@H](Cl)CC4=CC(=O)C=C[C@]4(C)[C@@]3(Br)[C@@H](O)C[C@@]21C. The predicted molar refractivity (Wildman–Crippen MR) is 122 cm³/mol. The van der Waals surface area contributed by atoms with E-state index in [1.165, 1.54) is 13.0 Å². The van der Waals surface area contributed by atoms with Crippen molar-refractivity contribution in [3.63, 3.8) is 0 Å². The first-order chi connectivity index (χ1) is 14.7. The van der Waals surface area contributed by atoms with Crippen LogP contribution in [0.3, 0.4) is 0 Å². The largest absolute Gasteiger partial charge is 0.458 e. The van der Waals surface area contributed by atoms with Gasteiger partial charge in [0, 0.05) is 23.1 Å². The third kappa shape index (κ3) is 2.87. The minimum Gasteiger partial charge on any atom is -0.458 e. The van der Waals surface area contributed by atoms with E-state index in [1.54, 1.807) is 6.08 Å². The number of allylic oxidation sites excluding steroid dienone is 4. The number of esters is 1. The number of Topliss-reactive ketones (excluding diaryl/α,β-unsaturated/α-hetero) is 1. The first kappa shape index (κ1) is 24.1. The Morgan fingerprint density at radius 2 is 2.00 bits per heavy atom. The molecule has 176 valence electrons. The molecule has 3 fully saturated rings. The number of hydrogen-bond donors (Lipinski definition) is 2. The van der Waals surface area contributed by atoms with Gasteiger partial charge in [0.2, 0.25) is 5.78 Å². The standard InChI is InChI=1S/C24H30BrClO6/c1-12-7-16-20-17(26)9-14-8-15(28)5-6-21(14,3)23(20,25)18(29)10-22(16,4)24(12,31)19(30)11-32-13(2)27/h5-6,8,12,16-18,20,29,31H,7,9-11H2,1-4H3/t12-,16+,17-,18+,20-,21+,22+,23-,24+/m1/s1. The zero-order valence-electron chi connectivity index (χ0n) is 18.7. The van der Waals surface area contributed by atoms with Gasteiger partial charge < -0.3 is 14.9 Å². The summed E-state index contributed by atoms with van der Waals surface area (Å²) in [5.41, 5.74) is -2.46. The van der Waals surface area contributed by atoms with Crippen LogP contribution in [0.5, 0.6) is 0 Å². The molecule has 4 rings (SSSR count). The molecular formula is C24H30BrClO6. The van der Waals surface area contributed by atoms with E-state index in [2.05, 4.69) is 15.9 Å². The quantitative estimate of drug-likeness (QED) is 0.430. The van der Waals surface area contributed by atoms with Crippen molar-refractivity contribution in [2.45, 2.75) is 68.4 Å². The van der Waals surface area contributed by atoms with Crippen molar-refractivity contribution in [1.82, 2.24) is 0 Å². The summed E-state index contributed by atoms with van der Waals surface area (Å²) in [4.78, 5) is 36.5. The molecule has 0 heterocycles. The molecule has 8 heteroatoms. The van der Waals surface area contributed by atoms with Gasteiger partial charge in [-0.1, -0.05) is 48.4 Å². The third-order valence-electron chi connectivity index (χ3n) is 9.03. The Balaban J connectivity index is 1.80. The van der Waals surface area contributed by atoms with Crippen LogP contribution in [0, 0.1) is 28.6 Å². The van der Waals surface area contributed by atoms with Gasteiger partial charge in [-0.15, -0.1) is 11.6 Å². The van der Waals surface area contributed by atoms with Gasteiger partial charge >= 0.3 is 5.97 Å². The Bertz CT molecular complexity index is 947. The van der Waals surface area contributed by atoms with Crippen LogP contribution in [0.4, 0.5) is 0 Å². The Kier molecular flexibility index (Phi) is 5.64. The highest BCUT2D eigenvalue weighted by atomic mass is 79.9. The van der Waals surface area contributed by atoms with Crippen LogP contribution in [-0.4, -0.2) is 55.8 Å². The number of halogens is 2. The lowest BCUT2D eigenvalue weighted by Gasteiger charge is -2.65. The van der Waals surface area contributed by atoms with Crippen LogP contribution in [0.25, 0.3) is 0 Å². The van der Waals surface area contributed by atoms with Crippen molar-refractivity contribution in [2.75, 3.05) is 6.61 Å². The van der Waals surface area contributed by atoms with E-state index in [0.717, 1.165) is 5.57 Å². The summed E-state index contributed by atoms with van der Waals surface area (Å²) in [5.74, 6) is -2.06. The second-order valence-electron chi connectivity index (χ2n) is 10.5. The monoisotopic (exact) mass is 528 g/mol. The van der Waals surface area contributed by atoms with E-state index in [0.29, 0.717) is 12.8 Å². The fraction of sp³-hybridized carbons (Fsp3) is 0.708. The topological polar surface area (TPSA) is 101 Å². The number of fused-ring (bicyclic) bond motifs is 5. The lowest BCUT2D eigenvalue weighted by atomic mass is 9.46. The molecule has 4 aliphatic carbocycles. The average molecular weight is 530 g/mol. The molecule has 9 atom stereocenters. The normalized spacial score (nSPS) is 49.6. The van der Waals surface area contributed by atoms with E-state index in [9.17, 15) is 24.6 Å². The van der Waals surface area contributed by atoms with Crippen molar-refractivity contribution in [3.05, 3.63) is 23.8 Å². The lowest BCUT2D eigenvalue weighted by molar-refractivity contribution is -0.180. The van der Waals surface area contributed by atoms with Gasteiger partial charge in [-0.2, -0.15) is 0 Å². The van der Waals surface area contributed by atoms with Crippen molar-refractivity contribution >= 4 is 45.1 Å². The Hall–Kier alpha value is -1.02. The molecule has 0 aliphatic heterocycles. The van der Waals surface area contributed by atoms with Gasteiger partial charge in [0.25, 0.3) is 0 Å². The van der Waals surface area contributed by atoms with Gasteiger partial charge in [0.15, 0.2) is 12.4 Å². The number of ether oxygens (including phenoxy) is 1. The van der Waals surface area contributed by atoms with Gasteiger partial charge in [0.05, 0.1) is 10.4 Å². The summed E-state index contributed by atoms with van der Waals surface area (Å²) in [6, 6.07) is 0. The molecule has 3 saturated carbocycles. The molecule has 2 N–H and O–H groups in total. The second-order valence-corrected chi connectivity index (χ2v) is 12.3. The second kappa shape index (κ2) is 7.49. The van der Waals surface area contributed by atoms with Crippen molar-refractivity contribution in [1.29, 1.82) is 0 Å². The maximum absolute atomic E-state index is 13.2. The molecule has 6 nitrogen and oxygen atoms in total. The van der Waals surface area contributed by atoms with Crippen LogP contribution >= 0.6 is 27.5 Å². The van der Waals surface area contributed by atoms with E-state index in [-0.39, 0.29) is 24.0 Å². The van der Waals surface area contributed by atoms with E-state index >= 15 is 0 Å². The summed E-state index contributed by atoms with van der Waals surface area (Å²) in [6.07, 6.45) is 5.27. The van der Waals surface area contributed by atoms with Crippen molar-refractivity contribution < 1.29 is 29.3 Å². The molecule has 0 amide bonds. The summed E-state index contributed by atoms with van der Waals surface area (Å²) < 4.78 is 4.07. The predicted octanol–water partition coefficient (Wildman–Crippen LogP) is 3.11. The minimum atomic E-state index is -1.76. The number of hydrogen-bond acceptors (Lipinski definition) is 6. The zero-order chi connectivity index (χ0) is 23.9. The summed E-state index contributed by atoms with van der Waals surface area (Å²) >= 11 is 10.9. The minimum absolute atomic E-state index is 0.0917. The van der Waals surface area contributed by atoms with Crippen molar-refractivity contribution in [2.24, 2.45) is 28.6 Å². The van der Waals surface area contributed by atoms with Crippen LogP contribution in [0.1, 0.15) is 47.0 Å². The fourth-order valence-electron chi connectivity index (χ4n) is 7.36. The van der Waals surface area contributed by atoms with Crippen LogP contribution < -0.4 is 0 Å². The Labute approximate surface area is 201 Å². The summed E-state index contributed by atoms with van der Waals surface area (Å²) in [6.45, 7) is 6.40. The highest BCUT2D eigenvalue weighted by Gasteiger charge is 2.75. The summed E-state index contributed by atoms with van der Waals surface area (Å²) in [7, 11) is 0. The van der Waals surface area contributed by atoms with Crippen LogP contribution in [0.2, 0.25) is 0 Å². The third-order valence-corrected chi connectivity index (χ3v) is 11.3. The maximum atomic E-state index is 13.2. The highest BCUT2D eigenvalue weighted by Crippen LogP contribution is 2.72. The van der Waals surface area contributed by atoms with Gasteiger partial charge in [-0.05, 0) is 49.2 Å². The summed E-state index contributed by atoms with van der Waals surface area (Å²) in [5, 5.41) is 23.0. The first-order valence-corrected chi connectivity index (χ1v) is 12.3. The molecule has 0 bridgehead atoms. The molecule has 4 aliphatic rings. The van der Waals surface area contributed by atoms with Crippen LogP contribution in [-0.2, 0) is 19.1 Å². The molecule has 0 spiro atoms. The van der Waals surface area contributed by atoms with Crippen molar-refractivity contribution in [3.8, 4) is 0 Å². The Morgan fingerprint density at radius 3 is 2.62 bits per heavy atom. The molecule has 0 unspecified atom stereocenters. The molecule has 0 radical (unpaired) electrons. The molecule has 0 aromatic heterocycles. The van der Waals surface area contributed by atoms with E-state index < -0.39 is 56.5 Å². The Morgan fingerprint density at radius 1 is 1.34 bits per heavy atom. The van der Waals surface area contributed by atoms with Crippen LogP contribution in [0.15, 0.2) is 23.8 Å². The smallest absolute Gasteiger partial charge is 0.303 e. The number of carbonyl (C=O) groups excluding carboxylic acids is 3.